The highest BCUT2D eigenvalue weighted by Crippen LogP contribution is 2.48. The maximum atomic E-state index is 13.2. The summed E-state index contributed by atoms with van der Waals surface area (Å²) in [5.74, 6) is 1.07. The van der Waals surface area contributed by atoms with Gasteiger partial charge in [0.15, 0.2) is 17.3 Å². The standard InChI is InChI=1S/C24H20ClN3O3/c1-13-16(25)4-2-5-17(13)28-18-6-3-7-19(29)23(18)22(15(11-26)24(28)27)14-8-9-20-21(10-14)31-12-30-20/h2,4-5,8-10,22H,3,6-7,12,27H2,1H3/t22-/m0/s1. The van der Waals surface area contributed by atoms with Gasteiger partial charge in [-0.2, -0.15) is 5.26 Å². The molecule has 0 radical (unpaired) electrons. The molecule has 0 amide bonds. The van der Waals surface area contributed by atoms with Crippen molar-refractivity contribution in [3.8, 4) is 17.6 Å². The summed E-state index contributed by atoms with van der Waals surface area (Å²) in [4.78, 5) is 15.0. The van der Waals surface area contributed by atoms with Gasteiger partial charge in [0.2, 0.25) is 6.79 Å². The number of Topliss-reactive ketones (excluding diaryl/α,β-unsaturated/α-hetero) is 1. The fourth-order valence-electron chi connectivity index (χ4n) is 4.63. The van der Waals surface area contributed by atoms with Crippen LogP contribution >= 0.6 is 11.6 Å². The number of benzene rings is 2. The number of ketones is 1. The number of ether oxygens (including phenoxy) is 2. The average molecular weight is 434 g/mol. The molecular weight excluding hydrogens is 414 g/mol. The van der Waals surface area contributed by atoms with Crippen LogP contribution in [0.4, 0.5) is 5.69 Å². The van der Waals surface area contributed by atoms with Crippen LogP contribution in [0.25, 0.3) is 0 Å². The van der Waals surface area contributed by atoms with Crippen LogP contribution in [0.5, 0.6) is 11.5 Å². The van der Waals surface area contributed by atoms with Gasteiger partial charge >= 0.3 is 0 Å². The smallest absolute Gasteiger partial charge is 0.231 e. The zero-order valence-electron chi connectivity index (χ0n) is 16.9. The summed E-state index contributed by atoms with van der Waals surface area (Å²) in [5.41, 5.74) is 10.8. The second-order valence-corrected chi connectivity index (χ2v) is 8.22. The first kappa shape index (κ1) is 19.5. The van der Waals surface area contributed by atoms with E-state index in [1.54, 1.807) is 0 Å². The third-order valence-electron chi connectivity index (χ3n) is 6.12. The topological polar surface area (TPSA) is 88.6 Å². The summed E-state index contributed by atoms with van der Waals surface area (Å²) in [6, 6.07) is 13.4. The van der Waals surface area contributed by atoms with Crippen molar-refractivity contribution in [1.82, 2.24) is 0 Å². The molecule has 31 heavy (non-hydrogen) atoms. The zero-order valence-corrected chi connectivity index (χ0v) is 17.7. The fraction of sp³-hybridized carbons (Fsp3) is 0.250. The molecule has 0 spiro atoms. The molecule has 0 saturated carbocycles. The largest absolute Gasteiger partial charge is 0.454 e. The van der Waals surface area contributed by atoms with E-state index in [0.717, 1.165) is 28.9 Å². The van der Waals surface area contributed by atoms with E-state index in [9.17, 15) is 10.1 Å². The minimum atomic E-state index is -0.543. The van der Waals surface area contributed by atoms with Crippen LogP contribution in [0.3, 0.4) is 0 Å². The first-order valence-corrected chi connectivity index (χ1v) is 10.5. The Balaban J connectivity index is 1.75. The number of fused-ring (bicyclic) bond motifs is 1. The number of allylic oxidation sites excluding steroid dienone is 3. The van der Waals surface area contributed by atoms with Crippen molar-refractivity contribution in [3.63, 3.8) is 0 Å². The second kappa shape index (κ2) is 7.36. The molecule has 2 aromatic rings. The molecule has 2 aliphatic heterocycles. The number of nitriles is 1. The molecule has 2 N–H and O–H groups in total. The number of halogens is 1. The minimum Gasteiger partial charge on any atom is -0.454 e. The Morgan fingerprint density at radius 2 is 2.00 bits per heavy atom. The van der Waals surface area contributed by atoms with Gasteiger partial charge in [0.05, 0.1) is 23.2 Å². The van der Waals surface area contributed by atoms with E-state index in [2.05, 4.69) is 6.07 Å². The number of anilines is 1. The van der Waals surface area contributed by atoms with Gasteiger partial charge in [0, 0.05) is 22.7 Å². The summed E-state index contributed by atoms with van der Waals surface area (Å²) in [7, 11) is 0. The molecule has 0 bridgehead atoms. The first-order valence-electron chi connectivity index (χ1n) is 10.1. The molecule has 3 aliphatic rings. The van der Waals surface area contributed by atoms with Crippen LogP contribution in [-0.2, 0) is 4.79 Å². The van der Waals surface area contributed by atoms with Crippen LogP contribution < -0.4 is 20.1 Å². The normalized spacial score (nSPS) is 20.1. The first-order chi connectivity index (χ1) is 15.0. The highest BCUT2D eigenvalue weighted by molar-refractivity contribution is 6.31. The minimum absolute atomic E-state index is 0.0360. The van der Waals surface area contributed by atoms with E-state index >= 15 is 0 Å². The van der Waals surface area contributed by atoms with Gasteiger partial charge in [-0.25, -0.2) is 0 Å². The number of hydrogen-bond donors (Lipinski definition) is 1. The molecule has 5 rings (SSSR count). The van der Waals surface area contributed by atoms with Gasteiger partial charge in [-0.1, -0.05) is 23.7 Å². The third-order valence-corrected chi connectivity index (χ3v) is 6.53. The van der Waals surface area contributed by atoms with E-state index in [0.29, 0.717) is 46.3 Å². The fourth-order valence-corrected chi connectivity index (χ4v) is 4.80. The lowest BCUT2D eigenvalue weighted by atomic mass is 9.75. The number of hydrogen-bond acceptors (Lipinski definition) is 6. The Labute approximate surface area is 185 Å². The van der Waals surface area contributed by atoms with Crippen LogP contribution in [0.1, 0.15) is 36.3 Å². The SMILES string of the molecule is Cc1c(Cl)cccc1N1C(N)=C(C#N)[C@H](c2ccc3c(c2)OCO3)C2=C1CCCC2=O. The monoisotopic (exact) mass is 433 g/mol. The van der Waals surface area contributed by atoms with Crippen LogP contribution in [-0.4, -0.2) is 12.6 Å². The van der Waals surface area contributed by atoms with Crippen molar-refractivity contribution in [3.05, 3.63) is 75.2 Å². The Morgan fingerprint density at radius 3 is 2.81 bits per heavy atom. The predicted molar refractivity (Wildman–Crippen MR) is 117 cm³/mol. The molecular formula is C24H20ClN3O3. The summed E-state index contributed by atoms with van der Waals surface area (Å²) in [6.45, 7) is 2.06. The quantitative estimate of drug-likeness (QED) is 0.739. The zero-order chi connectivity index (χ0) is 21.7. The lowest BCUT2D eigenvalue weighted by Crippen LogP contribution is -2.39. The molecule has 1 aliphatic carbocycles. The van der Waals surface area contributed by atoms with Crippen molar-refractivity contribution in [2.45, 2.75) is 32.1 Å². The third kappa shape index (κ3) is 2.96. The molecule has 0 aromatic heterocycles. The predicted octanol–water partition coefficient (Wildman–Crippen LogP) is 4.68. The molecule has 0 saturated heterocycles. The van der Waals surface area contributed by atoms with Crippen LogP contribution in [0, 0.1) is 18.3 Å². The highest BCUT2D eigenvalue weighted by Gasteiger charge is 2.41. The summed E-state index contributed by atoms with van der Waals surface area (Å²) < 4.78 is 10.9. The van der Waals surface area contributed by atoms with Crippen molar-refractivity contribution in [1.29, 1.82) is 5.26 Å². The Morgan fingerprint density at radius 1 is 1.19 bits per heavy atom. The van der Waals surface area contributed by atoms with E-state index in [1.165, 1.54) is 0 Å². The van der Waals surface area contributed by atoms with Crippen molar-refractivity contribution in [2.75, 3.05) is 11.7 Å². The van der Waals surface area contributed by atoms with Gasteiger partial charge in [-0.3, -0.25) is 9.69 Å². The molecule has 0 fully saturated rings. The average Bonchev–Trinajstić information content (AvgIpc) is 3.23. The van der Waals surface area contributed by atoms with E-state index in [4.69, 9.17) is 26.8 Å². The van der Waals surface area contributed by atoms with Crippen LogP contribution in [0.2, 0.25) is 5.02 Å². The van der Waals surface area contributed by atoms with Crippen molar-refractivity contribution < 1.29 is 14.3 Å². The van der Waals surface area contributed by atoms with E-state index in [-0.39, 0.29) is 12.6 Å². The summed E-state index contributed by atoms with van der Waals surface area (Å²) >= 11 is 6.38. The van der Waals surface area contributed by atoms with Gasteiger partial charge < -0.3 is 15.2 Å². The molecule has 1 atom stereocenters. The summed E-state index contributed by atoms with van der Waals surface area (Å²) in [6.07, 6.45) is 1.87. The highest BCUT2D eigenvalue weighted by atomic mass is 35.5. The maximum absolute atomic E-state index is 13.2. The van der Waals surface area contributed by atoms with Gasteiger partial charge in [-0.15, -0.1) is 0 Å². The van der Waals surface area contributed by atoms with E-state index in [1.807, 2.05) is 48.2 Å². The molecule has 2 heterocycles. The Kier molecular flexibility index (Phi) is 4.64. The van der Waals surface area contributed by atoms with Gasteiger partial charge in [0.25, 0.3) is 0 Å². The molecule has 7 heteroatoms. The van der Waals surface area contributed by atoms with Gasteiger partial charge in [-0.05, 0) is 55.2 Å². The number of nitrogens with zero attached hydrogens (tertiary/aromatic N) is 2. The lowest BCUT2D eigenvalue weighted by molar-refractivity contribution is -0.116. The second-order valence-electron chi connectivity index (χ2n) is 7.81. The van der Waals surface area contributed by atoms with E-state index < -0.39 is 5.92 Å². The summed E-state index contributed by atoms with van der Waals surface area (Å²) in [5, 5.41) is 10.7. The molecule has 156 valence electrons. The molecule has 6 nitrogen and oxygen atoms in total. The maximum Gasteiger partial charge on any atom is 0.231 e. The Hall–Kier alpha value is -3.43. The number of carbonyl (C=O) groups is 1. The molecule has 0 unspecified atom stereocenters. The molecule has 2 aromatic carbocycles. The van der Waals surface area contributed by atoms with Crippen LogP contribution in [0.15, 0.2) is 59.1 Å². The number of carbonyl (C=O) groups excluding carboxylic acids is 1. The number of rotatable bonds is 2. The Bertz CT molecular complexity index is 1230. The van der Waals surface area contributed by atoms with Crippen molar-refractivity contribution >= 4 is 23.1 Å². The number of nitrogens with two attached hydrogens (primary N) is 1. The lowest BCUT2D eigenvalue weighted by Gasteiger charge is -2.40. The van der Waals surface area contributed by atoms with Crippen molar-refractivity contribution in [2.24, 2.45) is 5.73 Å². The van der Waals surface area contributed by atoms with Gasteiger partial charge in [0.1, 0.15) is 5.82 Å².